The molecule has 0 spiro atoms. The van der Waals surface area contributed by atoms with E-state index in [4.69, 9.17) is 11.6 Å². The first-order chi connectivity index (χ1) is 11.2. The van der Waals surface area contributed by atoms with Crippen molar-refractivity contribution >= 4 is 23.2 Å². The van der Waals surface area contributed by atoms with Crippen LogP contribution in [0.5, 0.6) is 0 Å². The second-order valence-corrected chi connectivity index (χ2v) is 6.05. The van der Waals surface area contributed by atoms with Crippen LogP contribution in [0.2, 0.25) is 5.02 Å². The molecule has 0 saturated carbocycles. The summed E-state index contributed by atoms with van der Waals surface area (Å²) in [7, 11) is 0. The van der Waals surface area contributed by atoms with E-state index in [1.807, 2.05) is 0 Å². The monoisotopic (exact) mass is 394 g/mol. The molecule has 1 aromatic carbocycles. The van der Waals surface area contributed by atoms with E-state index in [0.717, 1.165) is 5.32 Å². The zero-order chi connectivity index (χ0) is 19.6. The third-order valence-corrected chi connectivity index (χ3v) is 3.31. The van der Waals surface area contributed by atoms with E-state index in [0.29, 0.717) is 18.2 Å². The molecule has 142 valence electrons. The molecule has 1 amide bonds. The lowest BCUT2D eigenvalue weighted by molar-refractivity contribution is -0.296. The first-order valence-corrected chi connectivity index (χ1v) is 7.25. The Bertz CT molecular complexity index is 615. The normalized spacial score (nSPS) is 13.1. The van der Waals surface area contributed by atoms with E-state index in [1.54, 1.807) is 0 Å². The molecule has 0 unspecified atom stereocenters. The van der Waals surface area contributed by atoms with E-state index in [1.165, 1.54) is 19.2 Å². The molecule has 11 heteroatoms. The average Bonchev–Trinajstić information content (AvgIpc) is 2.38. The molecule has 2 N–H and O–H groups in total. The van der Waals surface area contributed by atoms with Gasteiger partial charge in [-0.2, -0.15) is 26.3 Å². The molecule has 0 saturated heterocycles. The van der Waals surface area contributed by atoms with Gasteiger partial charge < -0.3 is 10.6 Å². The Labute approximate surface area is 143 Å². The number of halogens is 8. The minimum atomic E-state index is -5.95. The quantitative estimate of drug-likeness (QED) is 0.552. The van der Waals surface area contributed by atoms with Gasteiger partial charge in [-0.05, 0) is 24.1 Å². The number of rotatable bonds is 5. The number of hydrogen-bond donors (Lipinski definition) is 2. The van der Waals surface area contributed by atoms with Crippen molar-refractivity contribution in [2.75, 3.05) is 5.32 Å². The lowest BCUT2D eigenvalue weighted by Crippen LogP contribution is -2.72. The second-order valence-electron chi connectivity index (χ2n) is 5.65. The molecule has 0 aliphatic carbocycles. The Kier molecular flexibility index (Phi) is 6.20. The Hall–Kier alpha value is -1.71. The highest BCUT2D eigenvalue weighted by Crippen LogP contribution is 2.44. The molecule has 0 aromatic heterocycles. The van der Waals surface area contributed by atoms with Gasteiger partial charge in [-0.25, -0.2) is 4.39 Å². The van der Waals surface area contributed by atoms with Crippen LogP contribution in [0.1, 0.15) is 20.3 Å². The van der Waals surface area contributed by atoms with Crippen molar-refractivity contribution in [3.05, 3.63) is 29.0 Å². The lowest BCUT2D eigenvalue weighted by atomic mass is 10.1. The standard InChI is InChI=1S/C14H14ClF7N2O/c1-7(2)5-11(25)24-12(13(17,18)19,14(20,21)22)23-8-3-4-10(16)9(15)6-8/h3-4,6-7,23H,5H2,1-2H3,(H,24,25). The van der Waals surface area contributed by atoms with Crippen LogP contribution in [0.25, 0.3) is 0 Å². The molecule has 25 heavy (non-hydrogen) atoms. The first-order valence-electron chi connectivity index (χ1n) is 6.87. The molecule has 0 atom stereocenters. The van der Waals surface area contributed by atoms with E-state index < -0.39 is 52.8 Å². The Morgan fingerprint density at radius 2 is 1.64 bits per heavy atom. The summed E-state index contributed by atoms with van der Waals surface area (Å²) in [5, 5.41) is 1.52. The SMILES string of the molecule is CC(C)CC(=O)NC(Nc1ccc(F)c(Cl)c1)(C(F)(F)F)C(F)(F)F. The molecule has 1 aromatic rings. The number of nitrogens with one attached hydrogen (secondary N) is 2. The summed E-state index contributed by atoms with van der Waals surface area (Å²) < 4.78 is 93.1. The van der Waals surface area contributed by atoms with Gasteiger partial charge in [0.2, 0.25) is 5.91 Å². The molecule has 0 aliphatic rings. The van der Waals surface area contributed by atoms with Crippen molar-refractivity contribution < 1.29 is 35.5 Å². The summed E-state index contributed by atoms with van der Waals surface area (Å²) in [6.45, 7) is 2.91. The lowest BCUT2D eigenvalue weighted by Gasteiger charge is -2.39. The van der Waals surface area contributed by atoms with Crippen molar-refractivity contribution in [2.45, 2.75) is 38.3 Å². The summed E-state index contributed by atoms with van der Waals surface area (Å²) in [4.78, 5) is 11.6. The second kappa shape index (κ2) is 7.27. The van der Waals surface area contributed by atoms with Crippen LogP contribution >= 0.6 is 11.6 Å². The van der Waals surface area contributed by atoms with Crippen molar-refractivity contribution in [1.82, 2.24) is 5.32 Å². The summed E-state index contributed by atoms with van der Waals surface area (Å²) >= 11 is 5.38. The summed E-state index contributed by atoms with van der Waals surface area (Å²) in [5.74, 6) is -2.95. The van der Waals surface area contributed by atoms with Crippen molar-refractivity contribution in [3.63, 3.8) is 0 Å². The molecular formula is C14H14ClF7N2O. The number of benzene rings is 1. The van der Waals surface area contributed by atoms with Gasteiger partial charge in [0.15, 0.2) is 0 Å². The highest BCUT2D eigenvalue weighted by Gasteiger charge is 2.72. The number of hydrogen-bond acceptors (Lipinski definition) is 2. The summed E-state index contributed by atoms with van der Waals surface area (Å²) in [6.07, 6.45) is -12.4. The molecule has 0 fully saturated rings. The fourth-order valence-corrected chi connectivity index (χ4v) is 2.08. The van der Waals surface area contributed by atoms with Crippen LogP contribution in [0.15, 0.2) is 18.2 Å². The van der Waals surface area contributed by atoms with Gasteiger partial charge in [0.1, 0.15) is 5.82 Å². The number of carbonyl (C=O) groups excluding carboxylic acids is 1. The van der Waals surface area contributed by atoms with Gasteiger partial charge >= 0.3 is 18.0 Å². The van der Waals surface area contributed by atoms with Crippen LogP contribution in [0.3, 0.4) is 0 Å². The zero-order valence-corrected chi connectivity index (χ0v) is 13.7. The fraction of sp³-hybridized carbons (Fsp3) is 0.500. The molecule has 1 rings (SSSR count). The smallest absolute Gasteiger partial charge is 0.348 e. The van der Waals surface area contributed by atoms with Crippen molar-refractivity contribution in [1.29, 1.82) is 0 Å². The zero-order valence-electron chi connectivity index (χ0n) is 12.9. The van der Waals surface area contributed by atoms with Crippen LogP contribution in [-0.4, -0.2) is 23.9 Å². The van der Waals surface area contributed by atoms with E-state index in [-0.39, 0.29) is 0 Å². The number of amides is 1. The highest BCUT2D eigenvalue weighted by atomic mass is 35.5. The van der Waals surface area contributed by atoms with Crippen LogP contribution in [-0.2, 0) is 4.79 Å². The van der Waals surface area contributed by atoms with Crippen LogP contribution < -0.4 is 10.6 Å². The highest BCUT2D eigenvalue weighted by molar-refractivity contribution is 6.31. The van der Waals surface area contributed by atoms with Gasteiger partial charge in [-0.1, -0.05) is 25.4 Å². The molecule has 0 heterocycles. The van der Waals surface area contributed by atoms with E-state index in [2.05, 4.69) is 0 Å². The van der Waals surface area contributed by atoms with Gasteiger partial charge in [-0.15, -0.1) is 0 Å². The van der Waals surface area contributed by atoms with Crippen LogP contribution in [0, 0.1) is 11.7 Å². The van der Waals surface area contributed by atoms with Crippen LogP contribution in [0.4, 0.5) is 36.4 Å². The van der Waals surface area contributed by atoms with Crippen molar-refractivity contribution in [2.24, 2.45) is 5.92 Å². The van der Waals surface area contributed by atoms with E-state index in [9.17, 15) is 35.5 Å². The predicted molar refractivity (Wildman–Crippen MR) is 77.5 cm³/mol. The Balaban J connectivity index is 3.38. The molecule has 0 radical (unpaired) electrons. The third-order valence-electron chi connectivity index (χ3n) is 3.02. The maximum Gasteiger partial charge on any atom is 0.439 e. The molecule has 0 aliphatic heterocycles. The summed E-state index contributed by atoms with van der Waals surface area (Å²) in [6, 6.07) is 1.79. The fourth-order valence-electron chi connectivity index (χ4n) is 1.90. The van der Waals surface area contributed by atoms with Gasteiger partial charge in [0, 0.05) is 12.1 Å². The molecule has 3 nitrogen and oxygen atoms in total. The largest absolute Gasteiger partial charge is 0.439 e. The maximum atomic E-state index is 13.3. The Morgan fingerprint density at radius 1 is 1.12 bits per heavy atom. The molecule has 0 bridgehead atoms. The van der Waals surface area contributed by atoms with Gasteiger partial charge in [0.25, 0.3) is 0 Å². The summed E-state index contributed by atoms with van der Waals surface area (Å²) in [5.41, 5.74) is -5.53. The molecular weight excluding hydrogens is 381 g/mol. The first kappa shape index (κ1) is 21.3. The number of carbonyl (C=O) groups is 1. The topological polar surface area (TPSA) is 41.1 Å². The third kappa shape index (κ3) is 4.90. The minimum Gasteiger partial charge on any atom is -0.348 e. The average molecular weight is 395 g/mol. The van der Waals surface area contributed by atoms with Gasteiger partial charge in [0.05, 0.1) is 5.02 Å². The number of anilines is 1. The Morgan fingerprint density at radius 3 is 2.04 bits per heavy atom. The van der Waals surface area contributed by atoms with Gasteiger partial charge in [-0.3, -0.25) is 4.79 Å². The van der Waals surface area contributed by atoms with E-state index >= 15 is 0 Å². The van der Waals surface area contributed by atoms with Crippen molar-refractivity contribution in [3.8, 4) is 0 Å². The minimum absolute atomic E-state index is 0.473. The maximum absolute atomic E-state index is 13.3. The predicted octanol–water partition coefficient (Wildman–Crippen LogP) is 4.87. The number of alkyl halides is 6.